The number of amides is 1. The maximum absolute atomic E-state index is 12.2. The quantitative estimate of drug-likeness (QED) is 0.787. The number of hydrogen-bond acceptors (Lipinski definition) is 3. The number of aromatic nitrogens is 1. The molecule has 0 bridgehead atoms. The van der Waals surface area contributed by atoms with Gasteiger partial charge in [-0.05, 0) is 25.0 Å². The molecule has 5 heteroatoms. The van der Waals surface area contributed by atoms with E-state index >= 15 is 0 Å². The van der Waals surface area contributed by atoms with Crippen molar-refractivity contribution < 1.29 is 9.53 Å². The largest absolute Gasteiger partial charge is 0.378 e. The smallest absolute Gasteiger partial charge is 0.270 e. The number of nitrogens with two attached hydrogens (primary N) is 1. The summed E-state index contributed by atoms with van der Waals surface area (Å²) in [5, 5.41) is 0. The van der Waals surface area contributed by atoms with Crippen LogP contribution >= 0.6 is 0 Å². The molecule has 2 atom stereocenters. The standard InChI is InChI=1S/C12H19N3O2/c1-8-5-10(14-6-8)12(16)15-4-3-9(13)11(7-15)17-2/h5-6,9,11,14H,3-4,7,13H2,1-2H3/t9-,11+/m1/s1. The second-order valence-corrected chi connectivity index (χ2v) is 4.57. The van der Waals surface area contributed by atoms with Crippen molar-refractivity contribution in [2.24, 2.45) is 5.73 Å². The molecule has 17 heavy (non-hydrogen) atoms. The molecule has 1 aliphatic heterocycles. The molecule has 0 spiro atoms. The number of rotatable bonds is 2. The zero-order valence-corrected chi connectivity index (χ0v) is 10.3. The number of hydrogen-bond donors (Lipinski definition) is 2. The molecule has 1 amide bonds. The summed E-state index contributed by atoms with van der Waals surface area (Å²) in [6.07, 6.45) is 2.55. The van der Waals surface area contributed by atoms with E-state index in [0.717, 1.165) is 12.0 Å². The maximum Gasteiger partial charge on any atom is 0.270 e. The zero-order valence-electron chi connectivity index (χ0n) is 10.3. The number of carbonyl (C=O) groups excluding carboxylic acids is 1. The number of ether oxygens (including phenoxy) is 1. The summed E-state index contributed by atoms with van der Waals surface area (Å²) in [4.78, 5) is 17.0. The predicted octanol–water partition coefficient (Wildman–Crippen LogP) is 0.511. The van der Waals surface area contributed by atoms with Crippen molar-refractivity contribution in [2.45, 2.75) is 25.5 Å². The number of aryl methyl sites for hydroxylation is 1. The molecule has 1 fully saturated rings. The summed E-state index contributed by atoms with van der Waals surface area (Å²) >= 11 is 0. The third kappa shape index (κ3) is 2.50. The normalized spacial score (nSPS) is 25.0. The maximum atomic E-state index is 12.2. The summed E-state index contributed by atoms with van der Waals surface area (Å²) in [6.45, 7) is 3.21. The van der Waals surface area contributed by atoms with Crippen LogP contribution in [0.2, 0.25) is 0 Å². The SMILES string of the molecule is CO[C@H]1CN(C(=O)c2cc(C)c[nH]2)CC[C@H]1N. The van der Waals surface area contributed by atoms with Gasteiger partial charge in [0.05, 0.1) is 6.10 Å². The van der Waals surface area contributed by atoms with Gasteiger partial charge in [-0.15, -0.1) is 0 Å². The molecule has 0 unspecified atom stereocenters. The molecule has 0 aliphatic carbocycles. The molecule has 0 aromatic carbocycles. The lowest BCUT2D eigenvalue weighted by Crippen LogP contribution is -2.53. The Labute approximate surface area is 101 Å². The molecule has 1 aliphatic rings. The summed E-state index contributed by atoms with van der Waals surface area (Å²) in [6, 6.07) is 1.88. The van der Waals surface area contributed by atoms with Crippen LogP contribution in [0.5, 0.6) is 0 Å². The number of piperidine rings is 1. The van der Waals surface area contributed by atoms with Crippen LogP contribution in [0.1, 0.15) is 22.5 Å². The highest BCUT2D eigenvalue weighted by Gasteiger charge is 2.29. The van der Waals surface area contributed by atoms with Crippen LogP contribution in [-0.2, 0) is 4.74 Å². The van der Waals surface area contributed by atoms with Crippen molar-refractivity contribution in [1.82, 2.24) is 9.88 Å². The van der Waals surface area contributed by atoms with Gasteiger partial charge in [-0.25, -0.2) is 0 Å². The van der Waals surface area contributed by atoms with E-state index in [1.165, 1.54) is 0 Å². The molecule has 1 saturated heterocycles. The Hall–Kier alpha value is -1.33. The van der Waals surface area contributed by atoms with Crippen molar-refractivity contribution in [3.8, 4) is 0 Å². The lowest BCUT2D eigenvalue weighted by Gasteiger charge is -2.35. The monoisotopic (exact) mass is 237 g/mol. The minimum Gasteiger partial charge on any atom is -0.378 e. The molecule has 2 rings (SSSR count). The topological polar surface area (TPSA) is 71.3 Å². The Balaban J connectivity index is 2.05. The number of nitrogens with one attached hydrogen (secondary N) is 1. The van der Waals surface area contributed by atoms with Crippen molar-refractivity contribution in [2.75, 3.05) is 20.2 Å². The van der Waals surface area contributed by atoms with Gasteiger partial charge in [-0.2, -0.15) is 0 Å². The Morgan fingerprint density at radius 3 is 3.00 bits per heavy atom. The van der Waals surface area contributed by atoms with Gasteiger partial charge in [0.15, 0.2) is 0 Å². The van der Waals surface area contributed by atoms with E-state index in [1.807, 2.05) is 19.2 Å². The number of aromatic amines is 1. The van der Waals surface area contributed by atoms with E-state index < -0.39 is 0 Å². The van der Waals surface area contributed by atoms with Gasteiger partial charge in [-0.1, -0.05) is 0 Å². The molecule has 2 heterocycles. The molecular formula is C12H19N3O2. The number of methoxy groups -OCH3 is 1. The average molecular weight is 237 g/mol. The molecule has 0 saturated carbocycles. The Morgan fingerprint density at radius 2 is 2.41 bits per heavy atom. The van der Waals surface area contributed by atoms with Gasteiger partial charge >= 0.3 is 0 Å². The van der Waals surface area contributed by atoms with Crippen molar-refractivity contribution >= 4 is 5.91 Å². The van der Waals surface area contributed by atoms with E-state index in [2.05, 4.69) is 4.98 Å². The number of likely N-dealkylation sites (tertiary alicyclic amines) is 1. The van der Waals surface area contributed by atoms with Crippen LogP contribution in [0.15, 0.2) is 12.3 Å². The van der Waals surface area contributed by atoms with Gasteiger partial charge < -0.3 is 20.4 Å². The first kappa shape index (κ1) is 12.1. The summed E-state index contributed by atoms with van der Waals surface area (Å²) in [5.74, 6) is 0.0204. The van der Waals surface area contributed by atoms with Crippen molar-refractivity contribution in [3.05, 3.63) is 23.5 Å². The molecule has 0 radical (unpaired) electrons. The van der Waals surface area contributed by atoms with E-state index in [0.29, 0.717) is 18.8 Å². The number of H-pyrrole nitrogens is 1. The van der Waals surface area contributed by atoms with Crippen LogP contribution in [0.4, 0.5) is 0 Å². The highest BCUT2D eigenvalue weighted by atomic mass is 16.5. The van der Waals surface area contributed by atoms with Gasteiger partial charge in [0, 0.05) is 32.4 Å². The summed E-state index contributed by atoms with van der Waals surface area (Å²) < 4.78 is 5.30. The fourth-order valence-corrected chi connectivity index (χ4v) is 2.16. The molecule has 94 valence electrons. The third-order valence-corrected chi connectivity index (χ3v) is 3.26. The van der Waals surface area contributed by atoms with Crippen LogP contribution < -0.4 is 5.73 Å². The van der Waals surface area contributed by atoms with Crippen molar-refractivity contribution in [3.63, 3.8) is 0 Å². The first-order valence-corrected chi connectivity index (χ1v) is 5.84. The molecule has 1 aromatic rings. The number of nitrogens with zero attached hydrogens (tertiary/aromatic N) is 1. The Morgan fingerprint density at radius 1 is 1.65 bits per heavy atom. The van der Waals surface area contributed by atoms with E-state index in [-0.39, 0.29) is 18.1 Å². The van der Waals surface area contributed by atoms with E-state index in [9.17, 15) is 4.79 Å². The second kappa shape index (κ2) is 4.89. The Bertz CT molecular complexity index is 402. The van der Waals surface area contributed by atoms with Crippen LogP contribution in [0, 0.1) is 6.92 Å². The minimum absolute atomic E-state index is 0.0204. The summed E-state index contributed by atoms with van der Waals surface area (Å²) in [7, 11) is 1.64. The number of carbonyl (C=O) groups is 1. The van der Waals surface area contributed by atoms with Gasteiger partial charge in [0.1, 0.15) is 5.69 Å². The highest BCUT2D eigenvalue weighted by Crippen LogP contribution is 2.15. The van der Waals surface area contributed by atoms with Crippen LogP contribution in [0.25, 0.3) is 0 Å². The van der Waals surface area contributed by atoms with Crippen molar-refractivity contribution in [1.29, 1.82) is 0 Å². The van der Waals surface area contributed by atoms with Gasteiger partial charge in [-0.3, -0.25) is 4.79 Å². The molecule has 1 aromatic heterocycles. The van der Waals surface area contributed by atoms with E-state index in [1.54, 1.807) is 12.0 Å². The molecular weight excluding hydrogens is 218 g/mol. The lowest BCUT2D eigenvalue weighted by molar-refractivity contribution is 0.0159. The first-order valence-electron chi connectivity index (χ1n) is 5.84. The van der Waals surface area contributed by atoms with Gasteiger partial charge in [0.2, 0.25) is 0 Å². The second-order valence-electron chi connectivity index (χ2n) is 4.57. The average Bonchev–Trinajstić information content (AvgIpc) is 2.75. The molecule has 5 nitrogen and oxygen atoms in total. The predicted molar refractivity (Wildman–Crippen MR) is 64.8 cm³/mol. The molecule has 3 N–H and O–H groups in total. The van der Waals surface area contributed by atoms with Crippen LogP contribution in [0.3, 0.4) is 0 Å². The fraction of sp³-hybridized carbons (Fsp3) is 0.583. The van der Waals surface area contributed by atoms with E-state index in [4.69, 9.17) is 10.5 Å². The highest BCUT2D eigenvalue weighted by molar-refractivity contribution is 5.92. The first-order chi connectivity index (χ1) is 8.11. The van der Waals surface area contributed by atoms with Crippen LogP contribution in [-0.4, -0.2) is 48.1 Å². The fourth-order valence-electron chi connectivity index (χ4n) is 2.16. The Kier molecular flexibility index (Phi) is 3.49. The summed E-state index contributed by atoms with van der Waals surface area (Å²) in [5.41, 5.74) is 7.62. The minimum atomic E-state index is -0.0660. The van der Waals surface area contributed by atoms with Gasteiger partial charge in [0.25, 0.3) is 5.91 Å². The zero-order chi connectivity index (χ0) is 12.4. The third-order valence-electron chi connectivity index (χ3n) is 3.26. The lowest BCUT2D eigenvalue weighted by atomic mass is 10.0.